The number of allylic oxidation sites excluding steroid dienone is 2. The van der Waals surface area contributed by atoms with Crippen molar-refractivity contribution in [1.29, 1.82) is 5.41 Å². The first-order valence-corrected chi connectivity index (χ1v) is 12.1. The van der Waals surface area contributed by atoms with E-state index in [1.54, 1.807) is 12.1 Å². The van der Waals surface area contributed by atoms with Crippen molar-refractivity contribution in [2.75, 3.05) is 5.73 Å². The van der Waals surface area contributed by atoms with Gasteiger partial charge in [-0.3, -0.25) is 4.79 Å². The third-order valence-electron chi connectivity index (χ3n) is 6.53. The quantitative estimate of drug-likeness (QED) is 0.255. The molecule has 0 aliphatic heterocycles. The van der Waals surface area contributed by atoms with Gasteiger partial charge in [-0.1, -0.05) is 75.2 Å². The van der Waals surface area contributed by atoms with E-state index in [1.807, 2.05) is 36.4 Å². The Bertz CT molecular complexity index is 1250. The Labute approximate surface area is 201 Å². The van der Waals surface area contributed by atoms with Crippen LogP contribution in [0.4, 0.5) is 5.69 Å². The highest BCUT2D eigenvalue weighted by Crippen LogP contribution is 2.42. The van der Waals surface area contributed by atoms with E-state index in [0.29, 0.717) is 11.1 Å². The van der Waals surface area contributed by atoms with Gasteiger partial charge in [0.15, 0.2) is 5.78 Å². The van der Waals surface area contributed by atoms with Gasteiger partial charge in [0.05, 0.1) is 16.8 Å². The van der Waals surface area contributed by atoms with Crippen molar-refractivity contribution in [3.8, 4) is 16.9 Å². The molecule has 0 bridgehead atoms. The molecule has 3 aromatic rings. The Kier molecular flexibility index (Phi) is 6.97. The number of anilines is 1. The number of fused-ring (bicyclic) bond motifs is 1. The molecule has 0 atom stereocenters. The van der Waals surface area contributed by atoms with Crippen molar-refractivity contribution < 1.29 is 9.90 Å². The van der Waals surface area contributed by atoms with Crippen LogP contribution in [0.2, 0.25) is 0 Å². The Balaban J connectivity index is 1.69. The van der Waals surface area contributed by atoms with E-state index in [4.69, 9.17) is 11.1 Å². The SMILES string of the molecule is CCCCc1ccc(C2=CC(=N)c3c(O)c(-c4ccc(CCCC)cc4)cc(N)c3C2=O)cc1. The maximum Gasteiger partial charge on any atom is 0.196 e. The largest absolute Gasteiger partial charge is 0.507 e. The van der Waals surface area contributed by atoms with Crippen LogP contribution in [0.5, 0.6) is 5.75 Å². The van der Waals surface area contributed by atoms with E-state index in [1.165, 1.54) is 11.1 Å². The average Bonchev–Trinajstić information content (AvgIpc) is 2.85. The van der Waals surface area contributed by atoms with Crippen LogP contribution in [-0.4, -0.2) is 16.6 Å². The molecular formula is C30H32N2O2. The lowest BCUT2D eigenvalue weighted by Gasteiger charge is -2.22. The zero-order chi connectivity index (χ0) is 24.2. The Morgan fingerprint density at radius 2 is 1.35 bits per heavy atom. The molecule has 0 amide bonds. The molecule has 0 fully saturated rings. The number of aryl methyl sites for hydroxylation is 2. The summed E-state index contributed by atoms with van der Waals surface area (Å²) in [6.45, 7) is 4.33. The van der Waals surface area contributed by atoms with Gasteiger partial charge in [-0.25, -0.2) is 0 Å². The number of unbranched alkanes of at least 4 members (excludes halogenated alkanes) is 2. The number of phenols is 1. The summed E-state index contributed by atoms with van der Waals surface area (Å²) in [5, 5.41) is 19.7. The second-order valence-electron chi connectivity index (χ2n) is 9.01. The summed E-state index contributed by atoms with van der Waals surface area (Å²) in [4.78, 5) is 13.4. The molecule has 0 aromatic heterocycles. The number of carbonyl (C=O) groups is 1. The predicted molar refractivity (Wildman–Crippen MR) is 141 cm³/mol. The van der Waals surface area contributed by atoms with Crippen LogP contribution < -0.4 is 5.73 Å². The molecule has 4 N–H and O–H groups in total. The highest BCUT2D eigenvalue weighted by atomic mass is 16.3. The van der Waals surface area contributed by atoms with Gasteiger partial charge in [0.2, 0.25) is 0 Å². The highest BCUT2D eigenvalue weighted by Gasteiger charge is 2.31. The third kappa shape index (κ3) is 4.54. The fourth-order valence-electron chi connectivity index (χ4n) is 4.52. The maximum atomic E-state index is 13.4. The molecule has 0 radical (unpaired) electrons. The molecule has 0 unspecified atom stereocenters. The smallest absolute Gasteiger partial charge is 0.196 e. The first-order valence-electron chi connectivity index (χ1n) is 12.1. The molecule has 0 saturated carbocycles. The predicted octanol–water partition coefficient (Wildman–Crippen LogP) is 6.97. The third-order valence-corrected chi connectivity index (χ3v) is 6.53. The molecule has 0 saturated heterocycles. The van der Waals surface area contributed by atoms with Crippen molar-refractivity contribution in [2.45, 2.75) is 52.4 Å². The van der Waals surface area contributed by atoms with Gasteiger partial charge in [0.1, 0.15) is 5.75 Å². The first-order chi connectivity index (χ1) is 16.4. The number of nitrogen functional groups attached to an aromatic ring is 1. The summed E-state index contributed by atoms with van der Waals surface area (Å²) in [6.07, 6.45) is 8.09. The van der Waals surface area contributed by atoms with E-state index < -0.39 is 0 Å². The molecular weight excluding hydrogens is 420 g/mol. The average molecular weight is 453 g/mol. The normalized spacial score (nSPS) is 13.1. The van der Waals surface area contributed by atoms with Gasteiger partial charge in [-0.2, -0.15) is 0 Å². The van der Waals surface area contributed by atoms with E-state index in [0.717, 1.165) is 49.7 Å². The Morgan fingerprint density at radius 1 is 0.824 bits per heavy atom. The van der Waals surface area contributed by atoms with Gasteiger partial charge in [-0.15, -0.1) is 0 Å². The highest BCUT2D eigenvalue weighted by molar-refractivity contribution is 6.41. The summed E-state index contributed by atoms with van der Waals surface area (Å²) >= 11 is 0. The molecule has 0 heterocycles. The van der Waals surface area contributed by atoms with Crippen LogP contribution in [0, 0.1) is 5.41 Å². The number of hydrogen-bond acceptors (Lipinski definition) is 4. The summed E-state index contributed by atoms with van der Waals surface area (Å²) in [5.41, 5.74) is 12.1. The molecule has 34 heavy (non-hydrogen) atoms. The number of rotatable bonds is 8. The van der Waals surface area contributed by atoms with E-state index >= 15 is 0 Å². The number of ketones is 1. The molecule has 1 aliphatic rings. The Hall–Kier alpha value is -3.66. The number of hydrogen-bond donors (Lipinski definition) is 3. The summed E-state index contributed by atoms with van der Waals surface area (Å²) in [6, 6.07) is 17.6. The van der Waals surface area contributed by atoms with Crippen LogP contribution in [0.25, 0.3) is 16.7 Å². The van der Waals surface area contributed by atoms with Crippen molar-refractivity contribution in [1.82, 2.24) is 0 Å². The summed E-state index contributed by atoms with van der Waals surface area (Å²) in [7, 11) is 0. The number of Topliss-reactive ketones (excluding diaryl/α,β-unsaturated/α-hetero) is 1. The molecule has 4 rings (SSSR count). The van der Waals surface area contributed by atoms with Gasteiger partial charge in [0.25, 0.3) is 0 Å². The minimum atomic E-state index is -0.262. The fraction of sp³-hybridized carbons (Fsp3) is 0.267. The van der Waals surface area contributed by atoms with E-state index in [-0.39, 0.29) is 34.1 Å². The van der Waals surface area contributed by atoms with Crippen molar-refractivity contribution in [2.24, 2.45) is 0 Å². The van der Waals surface area contributed by atoms with Gasteiger partial charge in [0, 0.05) is 16.8 Å². The lowest BCUT2D eigenvalue weighted by Crippen LogP contribution is -2.19. The summed E-state index contributed by atoms with van der Waals surface area (Å²) < 4.78 is 0. The van der Waals surface area contributed by atoms with Crippen molar-refractivity contribution in [3.63, 3.8) is 0 Å². The van der Waals surface area contributed by atoms with Crippen molar-refractivity contribution in [3.05, 3.63) is 88.5 Å². The van der Waals surface area contributed by atoms with Gasteiger partial charge < -0.3 is 16.2 Å². The topological polar surface area (TPSA) is 87.2 Å². The molecule has 4 heteroatoms. The monoisotopic (exact) mass is 452 g/mol. The second-order valence-corrected chi connectivity index (χ2v) is 9.01. The molecule has 174 valence electrons. The molecule has 0 spiro atoms. The van der Waals surface area contributed by atoms with Crippen LogP contribution in [0.1, 0.15) is 72.1 Å². The van der Waals surface area contributed by atoms with Gasteiger partial charge >= 0.3 is 0 Å². The number of aromatic hydroxyl groups is 1. The standard InChI is InChI=1S/C30H32N2O2/c1-3-5-7-19-9-13-21(14-10-19)23-17-25(31)28-27(29(23)33)26(32)18-24(30(28)34)22-15-11-20(12-16-22)8-6-4-2/h9-18,31,34H,3-8,32H2,1-2H3. The molecule has 4 nitrogen and oxygen atoms in total. The second kappa shape index (κ2) is 10.1. The lowest BCUT2D eigenvalue weighted by atomic mass is 9.82. The maximum absolute atomic E-state index is 13.4. The number of nitrogens with two attached hydrogens (primary N) is 1. The molecule has 3 aromatic carbocycles. The fourth-order valence-corrected chi connectivity index (χ4v) is 4.52. The minimum absolute atomic E-state index is 0.0749. The van der Waals surface area contributed by atoms with Gasteiger partial charge in [-0.05, 0) is 60.1 Å². The zero-order valence-corrected chi connectivity index (χ0v) is 19.9. The Morgan fingerprint density at radius 3 is 1.88 bits per heavy atom. The number of nitrogens with one attached hydrogen (secondary N) is 1. The molecule has 1 aliphatic carbocycles. The first kappa shape index (κ1) is 23.5. The van der Waals surface area contributed by atoms with Crippen LogP contribution >= 0.6 is 0 Å². The van der Waals surface area contributed by atoms with Crippen molar-refractivity contribution >= 4 is 22.8 Å². The number of carbonyl (C=O) groups excluding carboxylic acids is 1. The van der Waals surface area contributed by atoms with Crippen LogP contribution in [0.3, 0.4) is 0 Å². The van der Waals surface area contributed by atoms with Crippen LogP contribution in [-0.2, 0) is 12.8 Å². The zero-order valence-electron chi connectivity index (χ0n) is 19.9. The number of benzene rings is 3. The van der Waals surface area contributed by atoms with E-state index in [9.17, 15) is 9.90 Å². The lowest BCUT2D eigenvalue weighted by molar-refractivity contribution is 0.105. The van der Waals surface area contributed by atoms with Crippen LogP contribution in [0.15, 0.2) is 60.7 Å². The van der Waals surface area contributed by atoms with E-state index in [2.05, 4.69) is 26.0 Å². The minimum Gasteiger partial charge on any atom is -0.507 e. The summed E-state index contributed by atoms with van der Waals surface area (Å²) in [5.74, 6) is -0.337. The number of phenolic OH excluding ortho intramolecular Hbond substituents is 1.